The van der Waals surface area contributed by atoms with Gasteiger partial charge in [0.25, 0.3) is 0 Å². The number of hydrogen-bond acceptors (Lipinski definition) is 4. The number of nitrogens with zero attached hydrogens (tertiary/aromatic N) is 2. The van der Waals surface area contributed by atoms with E-state index in [-0.39, 0.29) is 0 Å². The summed E-state index contributed by atoms with van der Waals surface area (Å²) in [6.07, 6.45) is 3.60. The Kier molecular flexibility index (Phi) is 8.88. The summed E-state index contributed by atoms with van der Waals surface area (Å²) in [5.41, 5.74) is 0. The fourth-order valence-electron chi connectivity index (χ4n) is 0.974. The predicted molar refractivity (Wildman–Crippen MR) is 53.6 cm³/mol. The average molecular weight is 185 g/mol. The van der Waals surface area contributed by atoms with Gasteiger partial charge in [0.2, 0.25) is 6.08 Å². The van der Waals surface area contributed by atoms with Crippen LogP contribution in [0.25, 0.3) is 0 Å². The Morgan fingerprint density at radius 1 is 1.31 bits per heavy atom. The molecule has 0 saturated carbocycles. The summed E-state index contributed by atoms with van der Waals surface area (Å²) >= 11 is 0. The standard InChI is InChI=1S/C9H19N3O/c1-12(2)8-4-7-10-5-3-6-11-9-13/h10H,3-8H2,1-2H3. The smallest absolute Gasteiger partial charge is 0.234 e. The summed E-state index contributed by atoms with van der Waals surface area (Å²) in [6, 6.07) is 0. The van der Waals surface area contributed by atoms with Crippen molar-refractivity contribution in [3.63, 3.8) is 0 Å². The highest BCUT2D eigenvalue weighted by Crippen LogP contribution is 1.82. The molecule has 0 heterocycles. The molecule has 0 saturated heterocycles. The van der Waals surface area contributed by atoms with Crippen molar-refractivity contribution in [2.45, 2.75) is 12.8 Å². The number of aliphatic imine (C=N–C) groups is 1. The van der Waals surface area contributed by atoms with Gasteiger partial charge in [-0.1, -0.05) is 0 Å². The van der Waals surface area contributed by atoms with Gasteiger partial charge in [-0.3, -0.25) is 0 Å². The molecule has 0 aliphatic heterocycles. The third-order valence-electron chi connectivity index (χ3n) is 1.65. The largest absolute Gasteiger partial charge is 0.317 e. The molecule has 0 radical (unpaired) electrons. The molecule has 0 spiro atoms. The van der Waals surface area contributed by atoms with Crippen LogP contribution in [0.1, 0.15) is 12.8 Å². The van der Waals surface area contributed by atoms with Crippen LogP contribution in [0.5, 0.6) is 0 Å². The molecule has 4 heteroatoms. The van der Waals surface area contributed by atoms with Crippen LogP contribution in [-0.4, -0.2) is 51.3 Å². The van der Waals surface area contributed by atoms with Crippen LogP contribution in [0.15, 0.2) is 4.99 Å². The molecule has 0 atom stereocenters. The van der Waals surface area contributed by atoms with Crippen LogP contribution in [0, 0.1) is 0 Å². The van der Waals surface area contributed by atoms with E-state index in [0.717, 1.165) is 32.5 Å². The number of nitrogens with one attached hydrogen (secondary N) is 1. The Hall–Kier alpha value is -0.700. The molecule has 76 valence electrons. The van der Waals surface area contributed by atoms with Gasteiger partial charge in [0.05, 0.1) is 6.54 Å². The van der Waals surface area contributed by atoms with Crippen molar-refractivity contribution in [1.29, 1.82) is 0 Å². The highest BCUT2D eigenvalue weighted by atomic mass is 16.1. The Balaban J connectivity index is 2.95. The number of carbonyl (C=O) groups excluding carboxylic acids is 1. The monoisotopic (exact) mass is 185 g/mol. The minimum atomic E-state index is 0.587. The SMILES string of the molecule is CN(C)CCCNCCCN=C=O. The van der Waals surface area contributed by atoms with Gasteiger partial charge in [0.1, 0.15) is 0 Å². The third kappa shape index (κ3) is 11.3. The Morgan fingerprint density at radius 2 is 2.00 bits per heavy atom. The van der Waals surface area contributed by atoms with E-state index in [0.29, 0.717) is 6.54 Å². The van der Waals surface area contributed by atoms with E-state index in [2.05, 4.69) is 29.3 Å². The summed E-state index contributed by atoms with van der Waals surface area (Å²) in [7, 11) is 4.14. The highest BCUT2D eigenvalue weighted by molar-refractivity contribution is 5.32. The predicted octanol–water partition coefficient (Wildman–Crippen LogP) is 0.254. The van der Waals surface area contributed by atoms with Gasteiger partial charge in [-0.05, 0) is 46.6 Å². The van der Waals surface area contributed by atoms with Crippen LogP contribution in [0.3, 0.4) is 0 Å². The van der Waals surface area contributed by atoms with Crippen LogP contribution in [0.4, 0.5) is 0 Å². The second-order valence-corrected chi connectivity index (χ2v) is 3.23. The van der Waals surface area contributed by atoms with Crippen LogP contribution >= 0.6 is 0 Å². The maximum Gasteiger partial charge on any atom is 0.234 e. The fourth-order valence-corrected chi connectivity index (χ4v) is 0.974. The molecule has 0 aliphatic carbocycles. The maximum atomic E-state index is 9.70. The van der Waals surface area contributed by atoms with Crippen molar-refractivity contribution in [1.82, 2.24) is 10.2 Å². The molecule has 0 aromatic carbocycles. The second kappa shape index (κ2) is 9.39. The average Bonchev–Trinajstić information content (AvgIpc) is 2.09. The molecular weight excluding hydrogens is 166 g/mol. The van der Waals surface area contributed by atoms with Crippen LogP contribution in [-0.2, 0) is 4.79 Å². The molecule has 0 aromatic heterocycles. The highest BCUT2D eigenvalue weighted by Gasteiger charge is 1.90. The molecule has 0 aromatic rings. The molecule has 4 nitrogen and oxygen atoms in total. The Morgan fingerprint density at radius 3 is 2.62 bits per heavy atom. The molecular formula is C9H19N3O. The first kappa shape index (κ1) is 12.3. The second-order valence-electron chi connectivity index (χ2n) is 3.23. The summed E-state index contributed by atoms with van der Waals surface area (Å²) in [5.74, 6) is 0. The summed E-state index contributed by atoms with van der Waals surface area (Å²) in [5, 5.41) is 3.28. The van der Waals surface area contributed by atoms with Crippen LogP contribution < -0.4 is 5.32 Å². The summed E-state index contributed by atoms with van der Waals surface area (Å²) in [6.45, 7) is 3.66. The van der Waals surface area contributed by atoms with Gasteiger partial charge >= 0.3 is 0 Å². The Bertz CT molecular complexity index is 153. The van der Waals surface area contributed by atoms with Crippen molar-refractivity contribution >= 4 is 6.08 Å². The van der Waals surface area contributed by atoms with E-state index >= 15 is 0 Å². The van der Waals surface area contributed by atoms with E-state index in [4.69, 9.17) is 0 Å². The quantitative estimate of drug-likeness (QED) is 0.335. The lowest BCUT2D eigenvalue weighted by molar-refractivity contribution is 0.394. The lowest BCUT2D eigenvalue weighted by atomic mass is 10.3. The van der Waals surface area contributed by atoms with Gasteiger partial charge in [-0.25, -0.2) is 9.79 Å². The minimum Gasteiger partial charge on any atom is -0.317 e. The first-order chi connectivity index (χ1) is 6.27. The van der Waals surface area contributed by atoms with E-state index in [9.17, 15) is 4.79 Å². The van der Waals surface area contributed by atoms with Gasteiger partial charge in [-0.2, -0.15) is 0 Å². The van der Waals surface area contributed by atoms with Gasteiger partial charge < -0.3 is 10.2 Å². The van der Waals surface area contributed by atoms with Crippen LogP contribution in [0.2, 0.25) is 0 Å². The lowest BCUT2D eigenvalue weighted by Crippen LogP contribution is -2.22. The molecule has 0 rings (SSSR count). The number of hydrogen-bond donors (Lipinski definition) is 1. The van der Waals surface area contributed by atoms with Gasteiger partial charge in [-0.15, -0.1) is 0 Å². The van der Waals surface area contributed by atoms with E-state index in [1.54, 1.807) is 0 Å². The summed E-state index contributed by atoms with van der Waals surface area (Å²) < 4.78 is 0. The van der Waals surface area contributed by atoms with E-state index in [1.165, 1.54) is 6.08 Å². The zero-order valence-electron chi connectivity index (χ0n) is 8.55. The van der Waals surface area contributed by atoms with Crippen molar-refractivity contribution in [2.75, 3.05) is 40.3 Å². The van der Waals surface area contributed by atoms with Gasteiger partial charge in [0.15, 0.2) is 0 Å². The fraction of sp³-hybridized carbons (Fsp3) is 0.889. The van der Waals surface area contributed by atoms with Crippen molar-refractivity contribution in [3.8, 4) is 0 Å². The molecule has 1 N–H and O–H groups in total. The zero-order chi connectivity index (χ0) is 9.94. The Labute approximate surface area is 80.0 Å². The molecule has 0 unspecified atom stereocenters. The molecule has 13 heavy (non-hydrogen) atoms. The normalized spacial score (nSPS) is 10.1. The number of isocyanates is 1. The molecule has 0 fully saturated rings. The first-order valence-electron chi connectivity index (χ1n) is 4.66. The van der Waals surface area contributed by atoms with Gasteiger partial charge in [0, 0.05) is 0 Å². The molecule has 0 aliphatic rings. The first-order valence-corrected chi connectivity index (χ1v) is 4.66. The maximum absolute atomic E-state index is 9.70. The molecule has 0 amide bonds. The zero-order valence-corrected chi connectivity index (χ0v) is 8.55. The van der Waals surface area contributed by atoms with E-state index in [1.807, 2.05) is 0 Å². The third-order valence-corrected chi connectivity index (χ3v) is 1.65. The minimum absolute atomic E-state index is 0.587. The summed E-state index contributed by atoms with van der Waals surface area (Å²) in [4.78, 5) is 15.3. The number of rotatable bonds is 8. The lowest BCUT2D eigenvalue weighted by Gasteiger charge is -2.09. The van der Waals surface area contributed by atoms with Crippen molar-refractivity contribution in [2.24, 2.45) is 4.99 Å². The van der Waals surface area contributed by atoms with Crippen molar-refractivity contribution in [3.05, 3.63) is 0 Å². The molecule has 0 bridgehead atoms. The topological polar surface area (TPSA) is 44.7 Å². The van der Waals surface area contributed by atoms with E-state index < -0.39 is 0 Å². The van der Waals surface area contributed by atoms with Crippen molar-refractivity contribution < 1.29 is 4.79 Å².